The van der Waals surface area contributed by atoms with Crippen LogP contribution in [0, 0.1) is 0 Å². The van der Waals surface area contributed by atoms with Crippen LogP contribution in [0.5, 0.6) is 0 Å². The van der Waals surface area contributed by atoms with E-state index in [1.54, 1.807) is 6.07 Å². The van der Waals surface area contributed by atoms with Gasteiger partial charge in [-0.2, -0.15) is 0 Å². The Morgan fingerprint density at radius 1 is 1.33 bits per heavy atom. The summed E-state index contributed by atoms with van der Waals surface area (Å²) in [6, 6.07) is 3.07. The lowest BCUT2D eigenvalue weighted by atomic mass is 10.2. The van der Waals surface area contributed by atoms with Crippen molar-refractivity contribution in [3.8, 4) is 0 Å². The molecule has 1 saturated heterocycles. The van der Waals surface area contributed by atoms with Gasteiger partial charge in [0, 0.05) is 31.7 Å². The molecule has 0 saturated carbocycles. The van der Waals surface area contributed by atoms with Crippen molar-refractivity contribution in [2.45, 2.75) is 32.6 Å². The van der Waals surface area contributed by atoms with E-state index in [4.69, 9.17) is 5.11 Å². The van der Waals surface area contributed by atoms with Gasteiger partial charge < -0.3 is 15.3 Å². The van der Waals surface area contributed by atoms with Gasteiger partial charge in [0.25, 0.3) is 0 Å². The summed E-state index contributed by atoms with van der Waals surface area (Å²) < 4.78 is 0. The van der Waals surface area contributed by atoms with E-state index in [1.807, 2.05) is 11.8 Å². The van der Waals surface area contributed by atoms with Crippen LogP contribution in [-0.2, 0) is 11.2 Å². The average Bonchev–Trinajstić information content (AvgIpc) is 3.01. The van der Waals surface area contributed by atoms with E-state index in [-0.39, 0.29) is 11.5 Å². The molecule has 2 N–H and O–H groups in total. The molecule has 114 valence electrons. The monoisotopic (exact) mass is 291 g/mol. The van der Waals surface area contributed by atoms with Gasteiger partial charge in [0.05, 0.1) is 5.56 Å². The maximum atomic E-state index is 11.9. The topological polar surface area (TPSA) is 82.5 Å². The number of aromatic nitrogens is 1. The number of hydrogen-bond donors (Lipinski definition) is 2. The van der Waals surface area contributed by atoms with Crippen molar-refractivity contribution in [3.63, 3.8) is 0 Å². The molecular formula is C15H21N3O3. The number of nitrogens with zero attached hydrogens (tertiary/aromatic N) is 2. The van der Waals surface area contributed by atoms with Crippen molar-refractivity contribution in [3.05, 3.63) is 23.4 Å². The number of aromatic carboxylic acids is 1. The Morgan fingerprint density at radius 2 is 2.05 bits per heavy atom. The Hall–Kier alpha value is -2.11. The Bertz CT molecular complexity index is 525. The number of carboxylic acids is 1. The summed E-state index contributed by atoms with van der Waals surface area (Å²) in [5.74, 6) is -0.311. The molecule has 1 fully saturated rings. The number of carboxylic acid groups (broad SMARTS) is 1. The molecular weight excluding hydrogens is 270 g/mol. The number of likely N-dealkylation sites (tertiary alicyclic amines) is 1. The zero-order chi connectivity index (χ0) is 15.2. The van der Waals surface area contributed by atoms with Gasteiger partial charge in [-0.15, -0.1) is 0 Å². The first-order valence-electron chi connectivity index (χ1n) is 7.36. The maximum absolute atomic E-state index is 11.9. The minimum atomic E-state index is -0.969. The highest BCUT2D eigenvalue weighted by Gasteiger charge is 2.17. The van der Waals surface area contributed by atoms with Gasteiger partial charge >= 0.3 is 5.97 Å². The fourth-order valence-corrected chi connectivity index (χ4v) is 2.41. The van der Waals surface area contributed by atoms with E-state index in [0.717, 1.165) is 31.6 Å². The second kappa shape index (κ2) is 7.06. The third-order valence-corrected chi connectivity index (χ3v) is 3.59. The zero-order valence-corrected chi connectivity index (χ0v) is 12.3. The van der Waals surface area contributed by atoms with E-state index < -0.39 is 5.97 Å². The molecule has 1 aliphatic heterocycles. The standard InChI is InChI=1S/C15H21N3O3/c1-2-12-9-11(15(20)21)10-13(17-12)16-6-5-14(19)18-7-3-4-8-18/h9-10H,2-8H2,1H3,(H,16,17)(H,20,21). The third kappa shape index (κ3) is 4.18. The second-order valence-corrected chi connectivity index (χ2v) is 5.16. The summed E-state index contributed by atoms with van der Waals surface area (Å²) in [6.45, 7) is 4.10. The minimum absolute atomic E-state index is 0.144. The molecule has 0 atom stereocenters. The maximum Gasteiger partial charge on any atom is 0.335 e. The van der Waals surface area contributed by atoms with Crippen molar-refractivity contribution >= 4 is 17.7 Å². The molecule has 0 spiro atoms. The van der Waals surface area contributed by atoms with Crippen molar-refractivity contribution < 1.29 is 14.7 Å². The smallest absolute Gasteiger partial charge is 0.335 e. The highest BCUT2D eigenvalue weighted by atomic mass is 16.4. The molecule has 0 radical (unpaired) electrons. The summed E-state index contributed by atoms with van der Waals surface area (Å²) in [5.41, 5.74) is 0.943. The lowest BCUT2D eigenvalue weighted by Crippen LogP contribution is -2.29. The van der Waals surface area contributed by atoms with E-state index >= 15 is 0 Å². The molecule has 1 aromatic heterocycles. The molecule has 6 nitrogen and oxygen atoms in total. The van der Waals surface area contributed by atoms with Crippen LogP contribution in [0.1, 0.15) is 42.2 Å². The minimum Gasteiger partial charge on any atom is -0.478 e. The summed E-state index contributed by atoms with van der Waals surface area (Å²) in [5, 5.41) is 12.1. The number of carbonyl (C=O) groups is 2. The van der Waals surface area contributed by atoms with Gasteiger partial charge in [0.15, 0.2) is 0 Å². The van der Waals surface area contributed by atoms with Crippen molar-refractivity contribution in [2.24, 2.45) is 0 Å². The SMILES string of the molecule is CCc1cc(C(=O)O)cc(NCCC(=O)N2CCCC2)n1. The molecule has 0 aromatic carbocycles. The quantitative estimate of drug-likeness (QED) is 0.834. The highest BCUT2D eigenvalue weighted by Crippen LogP contribution is 2.12. The molecule has 0 unspecified atom stereocenters. The molecule has 1 aromatic rings. The van der Waals surface area contributed by atoms with Crippen LogP contribution in [0.15, 0.2) is 12.1 Å². The van der Waals surface area contributed by atoms with Crippen LogP contribution in [0.3, 0.4) is 0 Å². The summed E-state index contributed by atoms with van der Waals surface area (Å²) in [6.07, 6.45) is 3.24. The molecule has 6 heteroatoms. The normalized spacial score (nSPS) is 14.2. The first-order chi connectivity index (χ1) is 10.1. The molecule has 2 heterocycles. The number of nitrogens with one attached hydrogen (secondary N) is 1. The van der Waals surface area contributed by atoms with Crippen molar-refractivity contribution in [1.82, 2.24) is 9.88 Å². The van der Waals surface area contributed by atoms with Crippen LogP contribution < -0.4 is 5.32 Å². The predicted molar refractivity (Wildman–Crippen MR) is 79.5 cm³/mol. The first kappa shape index (κ1) is 15.3. The zero-order valence-electron chi connectivity index (χ0n) is 12.3. The third-order valence-electron chi connectivity index (χ3n) is 3.59. The Labute approximate surface area is 124 Å². The van der Waals surface area contributed by atoms with E-state index in [2.05, 4.69) is 10.3 Å². The Morgan fingerprint density at radius 3 is 2.67 bits per heavy atom. The summed E-state index contributed by atoms with van der Waals surface area (Å²) >= 11 is 0. The van der Waals surface area contributed by atoms with Gasteiger partial charge in [-0.3, -0.25) is 4.79 Å². The lowest BCUT2D eigenvalue weighted by molar-refractivity contribution is -0.129. The molecule has 1 amide bonds. The average molecular weight is 291 g/mol. The van der Waals surface area contributed by atoms with Gasteiger partial charge in [-0.25, -0.2) is 9.78 Å². The van der Waals surface area contributed by atoms with E-state index in [9.17, 15) is 9.59 Å². The first-order valence-corrected chi connectivity index (χ1v) is 7.36. The van der Waals surface area contributed by atoms with E-state index in [0.29, 0.717) is 25.2 Å². The predicted octanol–water partition coefficient (Wildman–Crippen LogP) is 1.77. The van der Waals surface area contributed by atoms with Crippen LogP contribution in [0.4, 0.5) is 5.82 Å². The fraction of sp³-hybridized carbons (Fsp3) is 0.533. The second-order valence-electron chi connectivity index (χ2n) is 5.16. The van der Waals surface area contributed by atoms with Gasteiger partial charge in [-0.05, 0) is 31.4 Å². The molecule has 0 aliphatic carbocycles. The van der Waals surface area contributed by atoms with Crippen LogP contribution >= 0.6 is 0 Å². The summed E-state index contributed by atoms with van der Waals surface area (Å²) in [7, 11) is 0. The number of anilines is 1. The molecule has 0 bridgehead atoms. The van der Waals surface area contributed by atoms with Gasteiger partial charge in [0.2, 0.25) is 5.91 Å². The van der Waals surface area contributed by atoms with Crippen molar-refractivity contribution in [2.75, 3.05) is 25.0 Å². The van der Waals surface area contributed by atoms with Crippen LogP contribution in [0.2, 0.25) is 0 Å². The van der Waals surface area contributed by atoms with Crippen molar-refractivity contribution in [1.29, 1.82) is 0 Å². The number of pyridine rings is 1. The number of aryl methyl sites for hydroxylation is 1. The number of carbonyl (C=O) groups excluding carboxylic acids is 1. The van der Waals surface area contributed by atoms with Crippen LogP contribution in [0.25, 0.3) is 0 Å². The summed E-state index contributed by atoms with van der Waals surface area (Å²) in [4.78, 5) is 29.2. The van der Waals surface area contributed by atoms with E-state index in [1.165, 1.54) is 6.07 Å². The largest absolute Gasteiger partial charge is 0.478 e. The number of amides is 1. The number of hydrogen-bond acceptors (Lipinski definition) is 4. The van der Waals surface area contributed by atoms with Gasteiger partial charge in [0.1, 0.15) is 5.82 Å². The highest BCUT2D eigenvalue weighted by molar-refractivity contribution is 5.88. The fourth-order valence-electron chi connectivity index (χ4n) is 2.41. The van der Waals surface area contributed by atoms with Crippen LogP contribution in [-0.4, -0.2) is 46.5 Å². The number of rotatable bonds is 6. The Balaban J connectivity index is 1.91. The molecule has 1 aliphatic rings. The van der Waals surface area contributed by atoms with Gasteiger partial charge in [-0.1, -0.05) is 6.92 Å². The lowest BCUT2D eigenvalue weighted by Gasteiger charge is -2.15. The Kier molecular flexibility index (Phi) is 5.14. The molecule has 2 rings (SSSR count). The molecule has 21 heavy (non-hydrogen) atoms.